The molecule has 0 saturated heterocycles. The molecule has 0 aliphatic heterocycles. The van der Waals surface area contributed by atoms with Crippen LogP contribution in [0.15, 0.2) is 84.6 Å². The molecule has 200 valence electrons. The fourth-order valence-corrected chi connectivity index (χ4v) is 4.14. The fraction of sp³-hybridized carbons (Fsp3) is 0.167. The predicted molar refractivity (Wildman–Crippen MR) is 155 cm³/mol. The Labute approximate surface area is 237 Å². The molecule has 0 fully saturated rings. The molecule has 0 aliphatic rings. The van der Waals surface area contributed by atoms with E-state index in [0.29, 0.717) is 45.8 Å². The van der Waals surface area contributed by atoms with Crippen molar-refractivity contribution in [2.24, 2.45) is 5.10 Å². The third kappa shape index (κ3) is 7.50. The summed E-state index contributed by atoms with van der Waals surface area (Å²) in [7, 11) is 0. The summed E-state index contributed by atoms with van der Waals surface area (Å²) in [6.07, 6.45) is 5.53. The average Bonchev–Trinajstić information content (AvgIpc) is 2.93. The molecule has 0 radical (unpaired) electrons. The first kappa shape index (κ1) is 28.0. The SMILES string of the molecule is C=CCc1cc(/C=N/NC(=O)COc2cccc3cccnc23)cc(OCC)c1OCc1ccc(Cl)c(Cl)c1. The fourth-order valence-electron chi connectivity index (χ4n) is 3.82. The van der Waals surface area contributed by atoms with Gasteiger partial charge in [0.25, 0.3) is 5.91 Å². The van der Waals surface area contributed by atoms with Crippen molar-refractivity contribution in [1.82, 2.24) is 10.4 Å². The number of nitrogens with zero attached hydrogens (tertiary/aromatic N) is 2. The van der Waals surface area contributed by atoms with Gasteiger partial charge in [0.2, 0.25) is 0 Å². The zero-order chi connectivity index (χ0) is 27.6. The van der Waals surface area contributed by atoms with Gasteiger partial charge in [0.05, 0.1) is 22.9 Å². The standard InChI is InChI=1S/C30H27Cl2N3O4/c1-3-7-23-14-21(16-27(37-4-2)30(23)39-18-20-11-12-24(31)25(32)15-20)17-34-35-28(36)19-38-26-10-5-8-22-9-6-13-33-29(22)26/h3,5-6,8-17H,1,4,7,18-19H2,2H3,(H,35,36)/b34-17+. The summed E-state index contributed by atoms with van der Waals surface area (Å²) in [5.74, 6) is 1.27. The van der Waals surface area contributed by atoms with E-state index in [1.165, 1.54) is 6.21 Å². The number of benzene rings is 3. The molecule has 1 aromatic heterocycles. The number of carbonyl (C=O) groups excluding carboxylic acids is 1. The largest absolute Gasteiger partial charge is 0.490 e. The van der Waals surface area contributed by atoms with Crippen molar-refractivity contribution in [2.75, 3.05) is 13.2 Å². The van der Waals surface area contributed by atoms with Gasteiger partial charge in [-0.15, -0.1) is 6.58 Å². The highest BCUT2D eigenvalue weighted by Crippen LogP contribution is 2.35. The number of rotatable bonds is 12. The first-order valence-corrected chi connectivity index (χ1v) is 13.0. The molecule has 4 rings (SSSR count). The first-order valence-electron chi connectivity index (χ1n) is 12.2. The van der Waals surface area contributed by atoms with Crippen molar-refractivity contribution in [2.45, 2.75) is 20.0 Å². The number of ether oxygens (including phenoxy) is 3. The van der Waals surface area contributed by atoms with E-state index in [1.807, 2.05) is 43.3 Å². The number of hydrogen-bond donors (Lipinski definition) is 1. The molecule has 7 nitrogen and oxygen atoms in total. The Morgan fingerprint density at radius 2 is 1.87 bits per heavy atom. The smallest absolute Gasteiger partial charge is 0.277 e. The monoisotopic (exact) mass is 563 g/mol. The van der Waals surface area contributed by atoms with Crippen LogP contribution in [0.5, 0.6) is 17.2 Å². The van der Waals surface area contributed by atoms with Crippen LogP contribution in [-0.4, -0.2) is 30.3 Å². The van der Waals surface area contributed by atoms with Gasteiger partial charge in [-0.2, -0.15) is 5.10 Å². The van der Waals surface area contributed by atoms with Crippen molar-refractivity contribution in [1.29, 1.82) is 0 Å². The minimum absolute atomic E-state index is 0.208. The minimum Gasteiger partial charge on any atom is -0.490 e. The highest BCUT2D eigenvalue weighted by molar-refractivity contribution is 6.42. The number of hydrogen-bond acceptors (Lipinski definition) is 6. The number of carbonyl (C=O) groups is 1. The molecular weight excluding hydrogens is 537 g/mol. The van der Waals surface area contributed by atoms with Crippen LogP contribution in [-0.2, 0) is 17.8 Å². The number of amides is 1. The van der Waals surface area contributed by atoms with Gasteiger partial charge in [0.15, 0.2) is 18.1 Å². The van der Waals surface area contributed by atoms with E-state index in [0.717, 1.165) is 22.1 Å². The third-order valence-electron chi connectivity index (χ3n) is 5.54. The van der Waals surface area contributed by atoms with Crippen LogP contribution < -0.4 is 19.6 Å². The van der Waals surface area contributed by atoms with Gasteiger partial charge >= 0.3 is 0 Å². The van der Waals surface area contributed by atoms with Crippen LogP contribution in [0.3, 0.4) is 0 Å². The van der Waals surface area contributed by atoms with Crippen LogP contribution in [0.2, 0.25) is 10.0 Å². The van der Waals surface area contributed by atoms with Crippen molar-refractivity contribution >= 4 is 46.2 Å². The van der Waals surface area contributed by atoms with E-state index in [9.17, 15) is 4.79 Å². The van der Waals surface area contributed by atoms with Crippen LogP contribution in [0, 0.1) is 0 Å². The van der Waals surface area contributed by atoms with E-state index < -0.39 is 5.91 Å². The minimum atomic E-state index is -0.405. The van der Waals surface area contributed by atoms with Crippen LogP contribution in [0.4, 0.5) is 0 Å². The van der Waals surface area contributed by atoms with Gasteiger partial charge in [0.1, 0.15) is 17.9 Å². The summed E-state index contributed by atoms with van der Waals surface area (Å²) in [6.45, 7) is 6.25. The number of halogens is 2. The van der Waals surface area contributed by atoms with Gasteiger partial charge < -0.3 is 14.2 Å². The molecule has 1 heterocycles. The molecule has 1 amide bonds. The Morgan fingerprint density at radius 1 is 1.03 bits per heavy atom. The Morgan fingerprint density at radius 3 is 2.67 bits per heavy atom. The average molecular weight is 564 g/mol. The lowest BCUT2D eigenvalue weighted by atomic mass is 10.1. The van der Waals surface area contributed by atoms with Gasteiger partial charge in [-0.05, 0) is 60.9 Å². The van der Waals surface area contributed by atoms with Gasteiger partial charge in [-0.25, -0.2) is 5.43 Å². The molecule has 0 unspecified atom stereocenters. The zero-order valence-electron chi connectivity index (χ0n) is 21.3. The molecule has 39 heavy (non-hydrogen) atoms. The number of fused-ring (bicyclic) bond motifs is 1. The summed E-state index contributed by atoms with van der Waals surface area (Å²) < 4.78 is 17.7. The number of pyridine rings is 1. The van der Waals surface area contributed by atoms with Gasteiger partial charge in [-0.3, -0.25) is 9.78 Å². The summed E-state index contributed by atoms with van der Waals surface area (Å²) in [5.41, 5.74) is 5.63. The van der Waals surface area contributed by atoms with E-state index in [-0.39, 0.29) is 13.2 Å². The molecule has 4 aromatic rings. The van der Waals surface area contributed by atoms with E-state index in [2.05, 4.69) is 22.1 Å². The zero-order valence-corrected chi connectivity index (χ0v) is 22.8. The molecule has 9 heteroatoms. The lowest BCUT2D eigenvalue weighted by Gasteiger charge is -2.17. The lowest BCUT2D eigenvalue weighted by molar-refractivity contribution is -0.123. The Kier molecular flexibility index (Phi) is 9.78. The third-order valence-corrected chi connectivity index (χ3v) is 6.28. The first-order chi connectivity index (χ1) is 19.0. The van der Waals surface area contributed by atoms with Crippen LogP contribution >= 0.6 is 23.2 Å². The number of aromatic nitrogens is 1. The molecule has 1 N–H and O–H groups in total. The Hall–Kier alpha value is -4.07. The number of hydrazone groups is 1. The topological polar surface area (TPSA) is 82.0 Å². The number of nitrogens with one attached hydrogen (secondary N) is 1. The molecule has 0 saturated carbocycles. The van der Waals surface area contributed by atoms with E-state index >= 15 is 0 Å². The van der Waals surface area contributed by atoms with Crippen molar-refractivity contribution in [3.63, 3.8) is 0 Å². The predicted octanol–water partition coefficient (Wildman–Crippen LogP) is 6.78. The Bertz CT molecular complexity index is 1500. The van der Waals surface area contributed by atoms with Gasteiger partial charge in [-0.1, -0.05) is 53.5 Å². The molecule has 0 spiro atoms. The van der Waals surface area contributed by atoms with Crippen LogP contribution in [0.25, 0.3) is 10.9 Å². The van der Waals surface area contributed by atoms with Crippen molar-refractivity contribution < 1.29 is 19.0 Å². The summed E-state index contributed by atoms with van der Waals surface area (Å²) in [5, 5.41) is 5.96. The maximum atomic E-state index is 12.4. The summed E-state index contributed by atoms with van der Waals surface area (Å²) in [6, 6.07) is 18.4. The summed E-state index contributed by atoms with van der Waals surface area (Å²) in [4.78, 5) is 16.7. The highest BCUT2D eigenvalue weighted by atomic mass is 35.5. The second-order valence-corrected chi connectivity index (χ2v) is 9.20. The molecule has 0 bridgehead atoms. The number of allylic oxidation sites excluding steroid dienone is 1. The van der Waals surface area contributed by atoms with Crippen molar-refractivity contribution in [3.05, 3.63) is 106 Å². The summed E-state index contributed by atoms with van der Waals surface area (Å²) >= 11 is 12.2. The maximum absolute atomic E-state index is 12.4. The van der Waals surface area contributed by atoms with E-state index in [1.54, 1.807) is 36.5 Å². The lowest BCUT2D eigenvalue weighted by Crippen LogP contribution is -2.24. The van der Waals surface area contributed by atoms with Crippen molar-refractivity contribution in [3.8, 4) is 17.2 Å². The second-order valence-electron chi connectivity index (χ2n) is 8.38. The second kappa shape index (κ2) is 13.6. The molecule has 0 aliphatic carbocycles. The normalized spacial score (nSPS) is 10.9. The van der Waals surface area contributed by atoms with Gasteiger partial charge in [0, 0.05) is 17.1 Å². The quantitative estimate of drug-likeness (QED) is 0.117. The maximum Gasteiger partial charge on any atom is 0.277 e. The Balaban J connectivity index is 1.44. The number of para-hydroxylation sites is 1. The molecular formula is C30H27Cl2N3O4. The molecule has 3 aromatic carbocycles. The highest BCUT2D eigenvalue weighted by Gasteiger charge is 2.14. The van der Waals surface area contributed by atoms with E-state index in [4.69, 9.17) is 37.4 Å². The molecule has 0 atom stereocenters. The van der Waals surface area contributed by atoms with Crippen LogP contribution in [0.1, 0.15) is 23.6 Å².